The molecule has 2 aromatic carbocycles. The number of nitrogens with one attached hydrogen (secondary N) is 2. The van der Waals surface area contributed by atoms with E-state index in [9.17, 15) is 0 Å². The van der Waals surface area contributed by atoms with Gasteiger partial charge in [0.15, 0.2) is 0 Å². The van der Waals surface area contributed by atoms with Crippen LogP contribution in [0.1, 0.15) is 17.2 Å². The molecule has 0 saturated carbocycles. The number of hydrogen-bond acceptors (Lipinski definition) is 4. The van der Waals surface area contributed by atoms with Crippen LogP contribution in [-0.4, -0.2) is 22.1 Å². The molecule has 0 aliphatic heterocycles. The van der Waals surface area contributed by atoms with Crippen molar-refractivity contribution in [2.24, 2.45) is 0 Å². The average Bonchev–Trinajstić information content (AvgIpc) is 3.11. The third-order valence-electron chi connectivity index (χ3n) is 4.26. The van der Waals surface area contributed by atoms with Gasteiger partial charge in [-0.1, -0.05) is 36.4 Å². The van der Waals surface area contributed by atoms with E-state index in [0.717, 1.165) is 28.2 Å². The quantitative estimate of drug-likeness (QED) is 0.576. The first kappa shape index (κ1) is 15.2. The standard InChI is InChI=1S/C20H18N4O/c1-25-18-9-5-3-7-15(18)20(24-19-10-11-21-13-23-19)16-12-22-17-8-4-2-6-14(16)17/h2-13,20,22H,1H3,(H,21,23,24). The lowest BCUT2D eigenvalue weighted by Crippen LogP contribution is -2.14. The third kappa shape index (κ3) is 2.92. The number of rotatable bonds is 5. The summed E-state index contributed by atoms with van der Waals surface area (Å²) in [5.41, 5.74) is 3.29. The largest absolute Gasteiger partial charge is 0.496 e. The number of H-pyrrole nitrogens is 1. The molecule has 0 amide bonds. The van der Waals surface area contributed by atoms with E-state index in [0.29, 0.717) is 0 Å². The predicted octanol–water partition coefficient (Wildman–Crippen LogP) is 4.17. The number of fused-ring (bicyclic) bond motifs is 1. The highest BCUT2D eigenvalue weighted by Crippen LogP contribution is 2.35. The van der Waals surface area contributed by atoms with E-state index in [2.05, 4.69) is 38.5 Å². The van der Waals surface area contributed by atoms with Gasteiger partial charge in [0, 0.05) is 34.4 Å². The molecule has 2 N–H and O–H groups in total. The highest BCUT2D eigenvalue weighted by Gasteiger charge is 2.21. The van der Waals surface area contributed by atoms with Gasteiger partial charge in [-0.2, -0.15) is 0 Å². The number of methoxy groups -OCH3 is 1. The molecule has 4 aromatic rings. The van der Waals surface area contributed by atoms with Crippen LogP contribution < -0.4 is 10.1 Å². The van der Waals surface area contributed by atoms with Crippen LogP contribution in [0.4, 0.5) is 5.82 Å². The molecule has 4 rings (SSSR count). The molecule has 0 fully saturated rings. The highest BCUT2D eigenvalue weighted by atomic mass is 16.5. The first-order valence-electron chi connectivity index (χ1n) is 8.08. The maximum absolute atomic E-state index is 5.59. The summed E-state index contributed by atoms with van der Waals surface area (Å²) < 4.78 is 5.59. The number of anilines is 1. The molecule has 5 heteroatoms. The van der Waals surface area contributed by atoms with Crippen molar-refractivity contribution in [2.45, 2.75) is 6.04 Å². The molecule has 0 bridgehead atoms. The van der Waals surface area contributed by atoms with E-state index in [1.807, 2.05) is 42.6 Å². The first-order chi connectivity index (χ1) is 12.4. The summed E-state index contributed by atoms with van der Waals surface area (Å²) in [6.45, 7) is 0. The Hall–Kier alpha value is -3.34. The molecule has 0 aliphatic rings. The number of para-hydroxylation sites is 2. The van der Waals surface area contributed by atoms with Crippen molar-refractivity contribution in [2.75, 3.05) is 12.4 Å². The van der Waals surface area contributed by atoms with Gasteiger partial charge in [0.2, 0.25) is 0 Å². The number of nitrogens with zero attached hydrogens (tertiary/aromatic N) is 2. The van der Waals surface area contributed by atoms with E-state index in [1.54, 1.807) is 13.3 Å². The van der Waals surface area contributed by atoms with Gasteiger partial charge in [0.1, 0.15) is 17.9 Å². The van der Waals surface area contributed by atoms with Crippen LogP contribution in [0.15, 0.2) is 73.3 Å². The summed E-state index contributed by atoms with van der Waals surface area (Å²) in [5.74, 6) is 1.59. The molecule has 0 spiro atoms. The smallest absolute Gasteiger partial charge is 0.130 e. The Kier molecular flexibility index (Phi) is 4.04. The number of aromatic nitrogens is 3. The fourth-order valence-corrected chi connectivity index (χ4v) is 3.08. The predicted molar refractivity (Wildman–Crippen MR) is 98.8 cm³/mol. The molecule has 2 heterocycles. The molecule has 2 aromatic heterocycles. The molecule has 1 atom stereocenters. The molecule has 0 saturated heterocycles. The summed E-state index contributed by atoms with van der Waals surface area (Å²) in [6, 6.07) is 18.0. The fourth-order valence-electron chi connectivity index (χ4n) is 3.08. The third-order valence-corrected chi connectivity index (χ3v) is 4.26. The Morgan fingerprint density at radius 3 is 2.68 bits per heavy atom. The Morgan fingerprint density at radius 1 is 1.00 bits per heavy atom. The Bertz CT molecular complexity index is 981. The maximum Gasteiger partial charge on any atom is 0.130 e. The molecule has 124 valence electrons. The van der Waals surface area contributed by atoms with Crippen LogP contribution in [0.2, 0.25) is 0 Å². The zero-order valence-electron chi connectivity index (χ0n) is 13.8. The summed E-state index contributed by atoms with van der Waals surface area (Å²) in [5, 5.41) is 4.68. The number of ether oxygens (including phenoxy) is 1. The van der Waals surface area contributed by atoms with Crippen LogP contribution in [0.25, 0.3) is 10.9 Å². The minimum atomic E-state index is -0.109. The van der Waals surface area contributed by atoms with E-state index in [4.69, 9.17) is 4.74 Å². The molecule has 1 unspecified atom stereocenters. The molecule has 25 heavy (non-hydrogen) atoms. The number of hydrogen-bond donors (Lipinski definition) is 2. The fraction of sp³-hybridized carbons (Fsp3) is 0.100. The van der Waals surface area contributed by atoms with Crippen LogP contribution in [0.5, 0.6) is 5.75 Å². The van der Waals surface area contributed by atoms with Crippen LogP contribution in [-0.2, 0) is 0 Å². The van der Waals surface area contributed by atoms with E-state index in [1.165, 1.54) is 11.7 Å². The van der Waals surface area contributed by atoms with Gasteiger partial charge >= 0.3 is 0 Å². The summed E-state index contributed by atoms with van der Waals surface area (Å²) in [6.07, 6.45) is 5.30. The molecule has 0 radical (unpaired) electrons. The zero-order chi connectivity index (χ0) is 17.1. The van der Waals surface area contributed by atoms with E-state index in [-0.39, 0.29) is 6.04 Å². The molecular weight excluding hydrogens is 312 g/mol. The summed E-state index contributed by atoms with van der Waals surface area (Å²) in [7, 11) is 1.69. The Balaban J connectivity index is 1.86. The van der Waals surface area contributed by atoms with Crippen molar-refractivity contribution >= 4 is 16.7 Å². The van der Waals surface area contributed by atoms with Crippen molar-refractivity contribution in [3.8, 4) is 5.75 Å². The average molecular weight is 330 g/mol. The maximum atomic E-state index is 5.59. The second-order valence-corrected chi connectivity index (χ2v) is 5.70. The van der Waals surface area contributed by atoms with Crippen molar-refractivity contribution in [3.63, 3.8) is 0 Å². The van der Waals surface area contributed by atoms with Crippen LogP contribution in [0.3, 0.4) is 0 Å². The van der Waals surface area contributed by atoms with Gasteiger partial charge in [-0.15, -0.1) is 0 Å². The van der Waals surface area contributed by atoms with Gasteiger partial charge in [-0.3, -0.25) is 0 Å². The van der Waals surface area contributed by atoms with E-state index < -0.39 is 0 Å². The molecule has 0 aliphatic carbocycles. The Labute approximate surface area is 145 Å². The van der Waals surface area contributed by atoms with Gasteiger partial charge in [0.25, 0.3) is 0 Å². The van der Waals surface area contributed by atoms with Gasteiger partial charge < -0.3 is 15.0 Å². The van der Waals surface area contributed by atoms with Gasteiger partial charge in [0.05, 0.1) is 13.2 Å². The SMILES string of the molecule is COc1ccccc1C(Nc1ccncn1)c1c[nH]c2ccccc12. The van der Waals surface area contributed by atoms with Crippen molar-refractivity contribution in [1.82, 2.24) is 15.0 Å². The lowest BCUT2D eigenvalue weighted by molar-refractivity contribution is 0.408. The van der Waals surface area contributed by atoms with Crippen LogP contribution in [0, 0.1) is 0 Å². The van der Waals surface area contributed by atoms with Gasteiger partial charge in [-0.25, -0.2) is 9.97 Å². The second kappa shape index (κ2) is 6.65. The lowest BCUT2D eigenvalue weighted by atomic mass is 9.97. The highest BCUT2D eigenvalue weighted by molar-refractivity contribution is 5.84. The minimum Gasteiger partial charge on any atom is -0.496 e. The first-order valence-corrected chi connectivity index (χ1v) is 8.08. The second-order valence-electron chi connectivity index (χ2n) is 5.70. The number of aromatic amines is 1. The zero-order valence-corrected chi connectivity index (χ0v) is 13.8. The minimum absolute atomic E-state index is 0.109. The van der Waals surface area contributed by atoms with Crippen molar-refractivity contribution in [3.05, 3.63) is 84.4 Å². The molecular formula is C20H18N4O. The summed E-state index contributed by atoms with van der Waals surface area (Å²) in [4.78, 5) is 11.7. The molecule has 5 nitrogen and oxygen atoms in total. The topological polar surface area (TPSA) is 62.8 Å². The Morgan fingerprint density at radius 2 is 1.84 bits per heavy atom. The van der Waals surface area contributed by atoms with Crippen molar-refractivity contribution < 1.29 is 4.74 Å². The summed E-state index contributed by atoms with van der Waals surface area (Å²) >= 11 is 0. The van der Waals surface area contributed by atoms with Crippen molar-refractivity contribution in [1.29, 1.82) is 0 Å². The number of benzene rings is 2. The van der Waals surface area contributed by atoms with E-state index >= 15 is 0 Å². The van der Waals surface area contributed by atoms with Crippen LogP contribution >= 0.6 is 0 Å². The van der Waals surface area contributed by atoms with Gasteiger partial charge in [-0.05, 0) is 18.2 Å². The monoisotopic (exact) mass is 330 g/mol. The lowest BCUT2D eigenvalue weighted by Gasteiger charge is -2.21. The normalized spacial score (nSPS) is 12.0.